The van der Waals surface area contributed by atoms with Gasteiger partial charge in [0.25, 0.3) is 5.91 Å². The van der Waals surface area contributed by atoms with Crippen LogP contribution in [0.1, 0.15) is 12.5 Å². The first-order chi connectivity index (χ1) is 10.4. The van der Waals surface area contributed by atoms with E-state index in [0.717, 1.165) is 11.3 Å². The zero-order valence-corrected chi connectivity index (χ0v) is 14.2. The van der Waals surface area contributed by atoms with Gasteiger partial charge < -0.3 is 4.90 Å². The van der Waals surface area contributed by atoms with Crippen molar-refractivity contribution in [1.29, 1.82) is 0 Å². The lowest BCUT2D eigenvalue weighted by atomic mass is 9.94. The predicted molar refractivity (Wildman–Crippen MR) is 92.3 cm³/mol. The first-order valence-corrected chi connectivity index (χ1v) is 7.81. The van der Waals surface area contributed by atoms with E-state index in [0.29, 0.717) is 6.42 Å². The van der Waals surface area contributed by atoms with Gasteiger partial charge in [0.05, 0.1) is 0 Å². The molecule has 0 saturated carbocycles. The smallest absolute Gasteiger partial charge is 0.251 e. The number of ketones is 1. The minimum absolute atomic E-state index is 0.205. The van der Waals surface area contributed by atoms with Crippen molar-refractivity contribution in [2.45, 2.75) is 17.7 Å². The minimum atomic E-state index is -1.25. The van der Waals surface area contributed by atoms with E-state index in [1.165, 1.54) is 11.8 Å². The summed E-state index contributed by atoms with van der Waals surface area (Å²) in [5.41, 5.74) is 1.69. The summed E-state index contributed by atoms with van der Waals surface area (Å²) >= 11 is 3.41. The number of halogens is 1. The maximum absolute atomic E-state index is 12.9. The van der Waals surface area contributed by atoms with Crippen molar-refractivity contribution < 1.29 is 9.59 Å². The molecule has 114 valence electrons. The molecule has 0 heterocycles. The molecule has 3 nitrogen and oxygen atoms in total. The van der Waals surface area contributed by atoms with Crippen LogP contribution in [0.4, 0.5) is 5.69 Å². The van der Waals surface area contributed by atoms with Crippen LogP contribution >= 0.6 is 15.9 Å². The summed E-state index contributed by atoms with van der Waals surface area (Å²) in [6.45, 7) is 1.44. The molecule has 1 unspecified atom stereocenters. The van der Waals surface area contributed by atoms with Crippen molar-refractivity contribution in [1.82, 2.24) is 0 Å². The van der Waals surface area contributed by atoms with Gasteiger partial charge in [-0.3, -0.25) is 9.59 Å². The summed E-state index contributed by atoms with van der Waals surface area (Å²) in [6.07, 6.45) is 0.319. The molecule has 2 rings (SSSR count). The van der Waals surface area contributed by atoms with Gasteiger partial charge in [-0.2, -0.15) is 0 Å². The monoisotopic (exact) mass is 359 g/mol. The van der Waals surface area contributed by atoms with E-state index < -0.39 is 4.32 Å². The maximum Gasteiger partial charge on any atom is 0.251 e. The molecule has 0 aromatic heterocycles. The van der Waals surface area contributed by atoms with Crippen LogP contribution in [-0.4, -0.2) is 23.1 Å². The number of carbonyl (C=O) groups excluding carboxylic acids is 2. The minimum Gasteiger partial charge on any atom is -0.314 e. The summed E-state index contributed by atoms with van der Waals surface area (Å²) in [7, 11) is 1.68. The number of hydrogen-bond donors (Lipinski definition) is 0. The number of hydrogen-bond acceptors (Lipinski definition) is 2. The summed E-state index contributed by atoms with van der Waals surface area (Å²) in [6, 6.07) is 18.8. The molecular formula is C18H18BrNO2. The standard InChI is InChI=1S/C18H18BrNO2/c1-14(21)18(19,13-15-9-5-3-6-10-15)17(22)20(2)16-11-7-4-8-12-16/h3-12H,13H2,1-2H3. The first-order valence-electron chi connectivity index (χ1n) is 7.02. The average molecular weight is 360 g/mol. The third-order valence-electron chi connectivity index (χ3n) is 3.64. The lowest BCUT2D eigenvalue weighted by Crippen LogP contribution is -2.49. The Labute approximate surface area is 139 Å². The maximum atomic E-state index is 12.9. The number of para-hydroxylation sites is 1. The Bertz CT molecular complexity index is 657. The number of amides is 1. The zero-order valence-electron chi connectivity index (χ0n) is 12.6. The molecule has 0 radical (unpaired) electrons. The van der Waals surface area contributed by atoms with Crippen LogP contribution in [0.25, 0.3) is 0 Å². The molecule has 1 atom stereocenters. The lowest BCUT2D eigenvalue weighted by molar-refractivity contribution is -0.128. The fourth-order valence-corrected chi connectivity index (χ4v) is 2.85. The van der Waals surface area contributed by atoms with Crippen molar-refractivity contribution in [3.63, 3.8) is 0 Å². The number of Topliss-reactive ketones (excluding diaryl/α,β-unsaturated/α-hetero) is 1. The molecule has 0 aliphatic heterocycles. The van der Waals surface area contributed by atoms with Crippen LogP contribution < -0.4 is 4.90 Å². The molecule has 1 amide bonds. The highest BCUT2D eigenvalue weighted by atomic mass is 79.9. The van der Waals surface area contributed by atoms with Gasteiger partial charge in [-0.15, -0.1) is 0 Å². The average Bonchev–Trinajstić information content (AvgIpc) is 2.55. The number of rotatable bonds is 5. The van der Waals surface area contributed by atoms with E-state index in [4.69, 9.17) is 0 Å². The largest absolute Gasteiger partial charge is 0.314 e. The highest BCUT2D eigenvalue weighted by molar-refractivity contribution is 9.10. The second-order valence-corrected chi connectivity index (χ2v) is 6.57. The second-order valence-electron chi connectivity index (χ2n) is 5.22. The quantitative estimate of drug-likeness (QED) is 0.603. The van der Waals surface area contributed by atoms with Gasteiger partial charge >= 0.3 is 0 Å². The second kappa shape index (κ2) is 6.88. The van der Waals surface area contributed by atoms with Gasteiger partial charge in [-0.25, -0.2) is 0 Å². The van der Waals surface area contributed by atoms with Crippen LogP contribution in [0, 0.1) is 0 Å². The van der Waals surface area contributed by atoms with E-state index in [1.54, 1.807) is 7.05 Å². The molecule has 2 aromatic carbocycles. The third kappa shape index (κ3) is 3.45. The summed E-state index contributed by atoms with van der Waals surface area (Å²) in [5, 5.41) is 0. The van der Waals surface area contributed by atoms with Gasteiger partial charge in [0.15, 0.2) is 10.1 Å². The summed E-state index contributed by atoms with van der Waals surface area (Å²) < 4.78 is -1.25. The molecule has 0 aliphatic carbocycles. The fraction of sp³-hybridized carbons (Fsp3) is 0.222. The van der Waals surface area contributed by atoms with E-state index in [1.807, 2.05) is 60.7 Å². The number of nitrogens with zero attached hydrogens (tertiary/aromatic N) is 1. The van der Waals surface area contributed by atoms with E-state index in [9.17, 15) is 9.59 Å². The molecule has 0 spiro atoms. The Morgan fingerprint density at radius 2 is 1.50 bits per heavy atom. The molecule has 22 heavy (non-hydrogen) atoms. The molecule has 0 fully saturated rings. The van der Waals surface area contributed by atoms with Crippen LogP contribution in [0.3, 0.4) is 0 Å². The Balaban J connectivity index is 2.30. The SMILES string of the molecule is CC(=O)C(Br)(Cc1ccccc1)C(=O)N(C)c1ccccc1. The Kier molecular flexibility index (Phi) is 5.14. The lowest BCUT2D eigenvalue weighted by Gasteiger charge is -2.29. The van der Waals surface area contributed by atoms with E-state index in [2.05, 4.69) is 15.9 Å². The van der Waals surface area contributed by atoms with Crippen molar-refractivity contribution in [2.24, 2.45) is 0 Å². The molecular weight excluding hydrogens is 342 g/mol. The molecule has 4 heteroatoms. The van der Waals surface area contributed by atoms with Gasteiger partial charge in [0.2, 0.25) is 0 Å². The van der Waals surface area contributed by atoms with Crippen LogP contribution in [0.5, 0.6) is 0 Å². The third-order valence-corrected chi connectivity index (χ3v) is 4.81. The van der Waals surface area contributed by atoms with Crippen molar-refractivity contribution in [3.05, 3.63) is 66.2 Å². The number of carbonyl (C=O) groups is 2. The number of anilines is 1. The number of benzene rings is 2. The molecule has 0 bridgehead atoms. The van der Waals surface area contributed by atoms with Crippen molar-refractivity contribution >= 4 is 33.3 Å². The van der Waals surface area contributed by atoms with Crippen molar-refractivity contribution in [2.75, 3.05) is 11.9 Å². The topological polar surface area (TPSA) is 37.4 Å². The molecule has 0 saturated heterocycles. The molecule has 0 N–H and O–H groups in total. The fourth-order valence-electron chi connectivity index (χ4n) is 2.26. The molecule has 0 aliphatic rings. The van der Waals surface area contributed by atoms with Crippen LogP contribution in [-0.2, 0) is 16.0 Å². The highest BCUT2D eigenvalue weighted by Crippen LogP contribution is 2.29. The van der Waals surface area contributed by atoms with Crippen molar-refractivity contribution in [3.8, 4) is 0 Å². The predicted octanol–water partition coefficient (Wildman–Crippen LogP) is 3.61. The van der Waals surface area contributed by atoms with Gasteiger partial charge in [-0.1, -0.05) is 64.5 Å². The van der Waals surface area contributed by atoms with Gasteiger partial charge in [-0.05, 0) is 24.6 Å². The highest BCUT2D eigenvalue weighted by Gasteiger charge is 2.42. The van der Waals surface area contributed by atoms with Crippen LogP contribution in [0.2, 0.25) is 0 Å². The van der Waals surface area contributed by atoms with Gasteiger partial charge in [0, 0.05) is 19.2 Å². The first kappa shape index (κ1) is 16.4. The summed E-state index contributed by atoms with van der Waals surface area (Å²) in [4.78, 5) is 26.5. The zero-order chi connectivity index (χ0) is 16.2. The van der Waals surface area contributed by atoms with E-state index >= 15 is 0 Å². The van der Waals surface area contributed by atoms with Gasteiger partial charge in [0.1, 0.15) is 0 Å². The van der Waals surface area contributed by atoms with Crippen LogP contribution in [0.15, 0.2) is 60.7 Å². The summed E-state index contributed by atoms with van der Waals surface area (Å²) in [5.74, 6) is -0.473. The Hall–Kier alpha value is -1.94. The van der Waals surface area contributed by atoms with E-state index in [-0.39, 0.29) is 11.7 Å². The Morgan fingerprint density at radius 1 is 1.00 bits per heavy atom. The molecule has 2 aromatic rings. The number of alkyl halides is 1. The normalized spacial score (nSPS) is 13.2. The Morgan fingerprint density at radius 3 is 2.00 bits per heavy atom.